The topological polar surface area (TPSA) is 79.3 Å². The van der Waals surface area contributed by atoms with E-state index in [-0.39, 0.29) is 12.0 Å². The molecule has 2 aromatic rings. The van der Waals surface area contributed by atoms with Crippen LogP contribution in [0.2, 0.25) is 0 Å². The van der Waals surface area contributed by atoms with E-state index in [1.807, 2.05) is 63.3 Å². The second kappa shape index (κ2) is 9.53. The third-order valence-corrected chi connectivity index (χ3v) is 6.77. The number of nitrogens with one attached hydrogen (secondary N) is 1. The van der Waals surface area contributed by atoms with Gasteiger partial charge < -0.3 is 14.5 Å². The summed E-state index contributed by atoms with van der Waals surface area (Å²) in [6, 6.07) is 9.99. The molecule has 8 heteroatoms. The minimum absolute atomic E-state index is 0.203. The molecule has 0 spiro atoms. The van der Waals surface area contributed by atoms with E-state index in [0.29, 0.717) is 18.1 Å². The summed E-state index contributed by atoms with van der Waals surface area (Å²) in [5.41, 5.74) is 2.09. The van der Waals surface area contributed by atoms with E-state index in [1.165, 1.54) is 0 Å². The number of aromatic nitrogens is 1. The van der Waals surface area contributed by atoms with Gasteiger partial charge in [0.2, 0.25) is 0 Å². The van der Waals surface area contributed by atoms with E-state index in [1.54, 1.807) is 4.90 Å². The number of hydrogen-bond acceptors (Lipinski definition) is 5. The Morgan fingerprint density at radius 1 is 1.14 bits per heavy atom. The summed E-state index contributed by atoms with van der Waals surface area (Å²) < 4.78 is 11.9. The van der Waals surface area contributed by atoms with Crippen LogP contribution in [0.25, 0.3) is 11.8 Å². The first-order chi connectivity index (χ1) is 16.8. The van der Waals surface area contributed by atoms with E-state index in [2.05, 4.69) is 15.2 Å². The molecule has 7 nitrogen and oxygen atoms in total. The lowest BCUT2D eigenvalue weighted by Crippen LogP contribution is -2.39. The maximum Gasteiger partial charge on any atom is 0.415 e. The van der Waals surface area contributed by atoms with Gasteiger partial charge in [-0.1, -0.05) is 29.8 Å². The van der Waals surface area contributed by atoms with Crippen molar-refractivity contribution in [1.29, 1.82) is 0 Å². The average molecular weight is 495 g/mol. The molecule has 35 heavy (non-hydrogen) atoms. The Bertz CT molecular complexity index is 1280. The largest absolute Gasteiger partial charge is 0.490 e. The fourth-order valence-electron chi connectivity index (χ4n) is 4.95. The standard InChI is InChI=1S/C27H31ClN4O3/c1-27(2,3)35-26(33)32-14-13-18(28)15-22-25(32)21-16-29-31-23(24(21)30-22)17-9-11-20(12-10-17)34-19-7-5-4-6-8-19/h4-8,13,15,17,20,30H,9-12,14,16H2,1-3H3/t17-,20-. The first kappa shape index (κ1) is 23.7. The predicted octanol–water partition coefficient (Wildman–Crippen LogP) is 5.38. The number of nitrogens with zero attached hydrogens (tertiary/aromatic N) is 3. The van der Waals surface area contributed by atoms with Gasteiger partial charge in [0.05, 0.1) is 34.7 Å². The molecule has 1 fully saturated rings. The van der Waals surface area contributed by atoms with Crippen LogP contribution < -0.4 is 20.3 Å². The number of aromatic amines is 1. The third kappa shape index (κ3) is 5.15. The zero-order valence-corrected chi connectivity index (χ0v) is 21.1. The predicted molar refractivity (Wildman–Crippen MR) is 137 cm³/mol. The van der Waals surface area contributed by atoms with Crippen molar-refractivity contribution in [3.8, 4) is 5.75 Å². The van der Waals surface area contributed by atoms with Gasteiger partial charge in [0.1, 0.15) is 11.4 Å². The van der Waals surface area contributed by atoms with Gasteiger partial charge in [-0.3, -0.25) is 4.90 Å². The second-order valence-corrected chi connectivity index (χ2v) is 10.7. The Kier molecular flexibility index (Phi) is 6.45. The van der Waals surface area contributed by atoms with Gasteiger partial charge >= 0.3 is 6.09 Å². The molecule has 0 bridgehead atoms. The number of carbonyl (C=O) groups is 1. The molecule has 1 aliphatic carbocycles. The Labute approximate surface area is 210 Å². The Hall–Kier alpha value is -3.06. The van der Waals surface area contributed by atoms with Crippen LogP contribution in [0.15, 0.2) is 51.7 Å². The fourth-order valence-corrected chi connectivity index (χ4v) is 5.13. The average Bonchev–Trinajstić information content (AvgIpc) is 3.08. The van der Waals surface area contributed by atoms with E-state index in [4.69, 9.17) is 21.1 Å². The van der Waals surface area contributed by atoms with Crippen molar-refractivity contribution in [2.24, 2.45) is 16.1 Å². The molecule has 5 rings (SSSR count). The number of rotatable bonds is 3. The summed E-state index contributed by atoms with van der Waals surface area (Å²) in [4.78, 5) is 18.3. The number of benzene rings is 1. The van der Waals surface area contributed by atoms with Gasteiger partial charge in [-0.05, 0) is 70.7 Å². The number of para-hydroxylation sites is 1. The first-order valence-corrected chi connectivity index (χ1v) is 12.6. The highest BCUT2D eigenvalue weighted by atomic mass is 35.5. The lowest BCUT2D eigenvalue weighted by molar-refractivity contribution is 0.0584. The van der Waals surface area contributed by atoms with Crippen LogP contribution in [-0.2, 0) is 11.3 Å². The number of amides is 1. The van der Waals surface area contributed by atoms with Crippen LogP contribution in [0.3, 0.4) is 0 Å². The van der Waals surface area contributed by atoms with Crippen LogP contribution in [0, 0.1) is 5.92 Å². The quantitative estimate of drug-likeness (QED) is 0.621. The summed E-state index contributed by atoms with van der Waals surface area (Å²) in [6.45, 7) is 6.33. The zero-order chi connectivity index (χ0) is 24.6. The van der Waals surface area contributed by atoms with Crippen LogP contribution >= 0.6 is 11.6 Å². The third-order valence-electron chi connectivity index (χ3n) is 6.51. The SMILES string of the molecule is CC(C)(C)OC(=O)N1CC=C(Cl)C=c2[nH]c3c(c21)CN=NC=3[C@H]1CC[C@H](Oc2ccccc2)CC1. The fraction of sp³-hybridized carbons (Fsp3) is 0.444. The molecule has 3 aliphatic rings. The van der Waals surface area contributed by atoms with Crippen molar-refractivity contribution < 1.29 is 14.3 Å². The number of carbonyl (C=O) groups excluding carboxylic acids is 1. The number of H-pyrrole nitrogens is 1. The summed E-state index contributed by atoms with van der Waals surface area (Å²) >= 11 is 6.42. The Balaban J connectivity index is 1.45. The van der Waals surface area contributed by atoms with Crippen LogP contribution in [0.4, 0.5) is 10.5 Å². The van der Waals surface area contributed by atoms with Crippen LogP contribution in [0.5, 0.6) is 5.75 Å². The molecule has 1 saturated carbocycles. The molecule has 3 heterocycles. The van der Waals surface area contributed by atoms with E-state index in [9.17, 15) is 4.79 Å². The van der Waals surface area contributed by atoms with Gasteiger partial charge in [0.15, 0.2) is 0 Å². The smallest absolute Gasteiger partial charge is 0.415 e. The van der Waals surface area contributed by atoms with Gasteiger partial charge in [-0.15, -0.1) is 0 Å². The lowest BCUT2D eigenvalue weighted by Gasteiger charge is -2.29. The maximum absolute atomic E-state index is 13.1. The molecule has 1 amide bonds. The number of halogens is 1. The molecule has 0 unspecified atom stereocenters. The van der Waals surface area contributed by atoms with E-state index < -0.39 is 11.7 Å². The van der Waals surface area contributed by atoms with Crippen molar-refractivity contribution in [2.45, 2.75) is 64.7 Å². The summed E-state index contributed by atoms with van der Waals surface area (Å²) in [7, 11) is 0. The van der Waals surface area contributed by atoms with Crippen LogP contribution in [0.1, 0.15) is 52.0 Å². The van der Waals surface area contributed by atoms with E-state index >= 15 is 0 Å². The number of allylic oxidation sites excluding steroid dienone is 1. The lowest BCUT2D eigenvalue weighted by atomic mass is 9.84. The van der Waals surface area contributed by atoms with Crippen molar-refractivity contribution in [2.75, 3.05) is 11.4 Å². The summed E-state index contributed by atoms with van der Waals surface area (Å²) in [5, 5.41) is 11.4. The zero-order valence-electron chi connectivity index (χ0n) is 20.4. The molecule has 1 aromatic carbocycles. The number of ether oxygens (including phenoxy) is 2. The van der Waals surface area contributed by atoms with Crippen molar-refractivity contribution in [1.82, 2.24) is 4.98 Å². The van der Waals surface area contributed by atoms with Gasteiger partial charge in [0, 0.05) is 23.1 Å². The number of anilines is 1. The highest BCUT2D eigenvalue weighted by molar-refractivity contribution is 6.34. The molecule has 1 N–H and O–H groups in total. The molecular weight excluding hydrogens is 464 g/mol. The minimum atomic E-state index is -0.603. The Morgan fingerprint density at radius 2 is 1.89 bits per heavy atom. The highest BCUT2D eigenvalue weighted by Crippen LogP contribution is 2.35. The minimum Gasteiger partial charge on any atom is -0.490 e. The van der Waals surface area contributed by atoms with Gasteiger partial charge in [0.25, 0.3) is 0 Å². The molecule has 1 aromatic heterocycles. The summed E-state index contributed by atoms with van der Waals surface area (Å²) in [5.74, 6) is 1.19. The van der Waals surface area contributed by atoms with E-state index in [0.717, 1.165) is 59.1 Å². The molecule has 184 valence electrons. The monoisotopic (exact) mass is 494 g/mol. The molecular formula is C27H31ClN4O3. The summed E-state index contributed by atoms with van der Waals surface area (Å²) in [6.07, 6.45) is 7.33. The van der Waals surface area contributed by atoms with Crippen molar-refractivity contribution in [3.63, 3.8) is 0 Å². The maximum atomic E-state index is 13.1. The highest BCUT2D eigenvalue weighted by Gasteiger charge is 2.32. The van der Waals surface area contributed by atoms with Gasteiger partial charge in [-0.2, -0.15) is 10.2 Å². The second-order valence-electron chi connectivity index (χ2n) is 10.3. The Morgan fingerprint density at radius 3 is 2.60 bits per heavy atom. The molecule has 0 saturated heterocycles. The van der Waals surface area contributed by atoms with Crippen LogP contribution in [-0.4, -0.2) is 29.3 Å². The number of azo groups is 1. The first-order valence-electron chi connectivity index (χ1n) is 12.2. The van der Waals surface area contributed by atoms with Crippen molar-refractivity contribution >= 4 is 35.2 Å². The number of hydrogen-bond donors (Lipinski definition) is 1. The molecule has 0 radical (unpaired) electrons. The van der Waals surface area contributed by atoms with Gasteiger partial charge in [-0.25, -0.2) is 4.79 Å². The molecule has 2 aliphatic heterocycles. The molecule has 0 atom stereocenters. The van der Waals surface area contributed by atoms with Crippen molar-refractivity contribution in [3.05, 3.63) is 57.7 Å². The number of fused-ring (bicyclic) bond motifs is 3. The normalized spacial score (nSPS) is 21.9.